The van der Waals surface area contributed by atoms with E-state index in [4.69, 9.17) is 4.74 Å². The first-order valence-corrected chi connectivity index (χ1v) is 11.1. The average Bonchev–Trinajstić information content (AvgIpc) is 3.03. The molecule has 5 nitrogen and oxygen atoms in total. The van der Waals surface area contributed by atoms with Crippen molar-refractivity contribution in [3.8, 4) is 0 Å². The Morgan fingerprint density at radius 3 is 2.47 bits per heavy atom. The Kier molecular flexibility index (Phi) is 6.42. The topological polar surface area (TPSA) is 66.8 Å². The molecule has 1 saturated heterocycles. The molecule has 2 aromatic carbocycles. The highest BCUT2D eigenvalue weighted by Gasteiger charge is 2.46. The van der Waals surface area contributed by atoms with Gasteiger partial charge in [-0.1, -0.05) is 24.3 Å². The standard InChI is InChI=1S/C26H28FNO4/c1-16(2)32-14-13-28-23(18-9-11-21(27)12-10-18)22(25(30)26(28)31)24(29)20-8-7-17-5-3-4-6-19(17)15-20/h7-12,15-16,23,29H,3-6,13-14H2,1-2H3/b24-22-. The Morgan fingerprint density at radius 1 is 1.09 bits per heavy atom. The van der Waals surface area contributed by atoms with Gasteiger partial charge >= 0.3 is 0 Å². The number of Topliss-reactive ketones (excluding diaryl/α,β-unsaturated/α-hetero) is 1. The second-order valence-corrected chi connectivity index (χ2v) is 8.65. The molecule has 2 aliphatic rings. The van der Waals surface area contributed by atoms with Gasteiger partial charge in [0.25, 0.3) is 11.7 Å². The number of hydrogen-bond donors (Lipinski definition) is 1. The number of likely N-dealkylation sites (tertiary alicyclic amines) is 1. The summed E-state index contributed by atoms with van der Waals surface area (Å²) in [7, 11) is 0. The molecule has 0 radical (unpaired) electrons. The highest BCUT2D eigenvalue weighted by atomic mass is 19.1. The smallest absolute Gasteiger partial charge is 0.295 e. The molecule has 1 aliphatic heterocycles. The number of nitrogens with zero attached hydrogens (tertiary/aromatic N) is 1. The number of rotatable bonds is 6. The van der Waals surface area contributed by atoms with Crippen LogP contribution in [0.4, 0.5) is 4.39 Å². The first-order valence-electron chi connectivity index (χ1n) is 11.1. The van der Waals surface area contributed by atoms with Gasteiger partial charge in [0.05, 0.1) is 24.3 Å². The van der Waals surface area contributed by atoms with Gasteiger partial charge in [-0.15, -0.1) is 0 Å². The minimum atomic E-state index is -0.803. The molecular weight excluding hydrogens is 409 g/mol. The van der Waals surface area contributed by atoms with E-state index >= 15 is 0 Å². The second-order valence-electron chi connectivity index (χ2n) is 8.65. The van der Waals surface area contributed by atoms with Crippen LogP contribution in [0.3, 0.4) is 0 Å². The zero-order valence-electron chi connectivity index (χ0n) is 18.4. The van der Waals surface area contributed by atoms with Gasteiger partial charge in [0.1, 0.15) is 11.6 Å². The first kappa shape index (κ1) is 22.2. The lowest BCUT2D eigenvalue weighted by molar-refractivity contribution is -0.140. The SMILES string of the molecule is CC(C)OCCN1C(=O)C(=O)/C(=C(\O)c2ccc3c(c2)CCCC3)C1c1ccc(F)cc1. The summed E-state index contributed by atoms with van der Waals surface area (Å²) in [5.41, 5.74) is 3.54. The van der Waals surface area contributed by atoms with Crippen LogP contribution in [0.5, 0.6) is 0 Å². The molecule has 1 atom stereocenters. The minimum Gasteiger partial charge on any atom is -0.507 e. The van der Waals surface area contributed by atoms with Gasteiger partial charge in [-0.2, -0.15) is 0 Å². The lowest BCUT2D eigenvalue weighted by Gasteiger charge is -2.25. The molecule has 0 aromatic heterocycles. The van der Waals surface area contributed by atoms with E-state index in [9.17, 15) is 19.1 Å². The van der Waals surface area contributed by atoms with Crippen LogP contribution in [0.15, 0.2) is 48.0 Å². The maximum atomic E-state index is 13.6. The highest BCUT2D eigenvalue weighted by molar-refractivity contribution is 6.46. The van der Waals surface area contributed by atoms with E-state index in [0.717, 1.165) is 31.2 Å². The number of aliphatic hydroxyl groups excluding tert-OH is 1. The summed E-state index contributed by atoms with van der Waals surface area (Å²) >= 11 is 0. The number of ether oxygens (including phenoxy) is 1. The summed E-state index contributed by atoms with van der Waals surface area (Å²) in [6, 6.07) is 10.6. The number of halogens is 1. The van der Waals surface area contributed by atoms with Crippen molar-refractivity contribution in [3.05, 3.63) is 76.1 Å². The van der Waals surface area contributed by atoms with E-state index in [-0.39, 0.29) is 30.6 Å². The largest absolute Gasteiger partial charge is 0.507 e. The fourth-order valence-electron chi connectivity index (χ4n) is 4.53. The number of carbonyl (C=O) groups is 2. The van der Waals surface area contributed by atoms with Gasteiger partial charge in [-0.25, -0.2) is 4.39 Å². The maximum Gasteiger partial charge on any atom is 0.295 e. The molecule has 0 saturated carbocycles. The van der Waals surface area contributed by atoms with Gasteiger partial charge in [0.2, 0.25) is 0 Å². The van der Waals surface area contributed by atoms with Gasteiger partial charge in [-0.05, 0) is 74.4 Å². The molecule has 4 rings (SSSR count). The van der Waals surface area contributed by atoms with E-state index in [2.05, 4.69) is 0 Å². The van der Waals surface area contributed by atoms with Crippen LogP contribution in [0.25, 0.3) is 5.76 Å². The first-order chi connectivity index (χ1) is 15.4. The Hall–Kier alpha value is -2.99. The van der Waals surface area contributed by atoms with Crippen LogP contribution >= 0.6 is 0 Å². The zero-order chi connectivity index (χ0) is 22.8. The number of benzene rings is 2. The number of aliphatic hydroxyl groups is 1. The van der Waals surface area contributed by atoms with Gasteiger partial charge in [0, 0.05) is 12.1 Å². The molecule has 0 bridgehead atoms. The Morgan fingerprint density at radius 2 is 1.78 bits per heavy atom. The Balaban J connectivity index is 1.77. The second kappa shape index (κ2) is 9.25. The third kappa shape index (κ3) is 4.32. The minimum absolute atomic E-state index is 0.0217. The molecule has 1 N–H and O–H groups in total. The molecule has 1 aliphatic carbocycles. The molecule has 0 spiro atoms. The molecule has 6 heteroatoms. The fraction of sp³-hybridized carbons (Fsp3) is 0.385. The molecular formula is C26H28FNO4. The van der Waals surface area contributed by atoms with E-state index in [1.54, 1.807) is 18.2 Å². The van der Waals surface area contributed by atoms with Crippen molar-refractivity contribution in [1.29, 1.82) is 0 Å². The van der Waals surface area contributed by atoms with Crippen molar-refractivity contribution >= 4 is 17.4 Å². The normalized spacial score (nSPS) is 20.1. The summed E-state index contributed by atoms with van der Waals surface area (Å²) in [5.74, 6) is -2.04. The van der Waals surface area contributed by atoms with Crippen LogP contribution in [0, 0.1) is 5.82 Å². The van der Waals surface area contributed by atoms with Crippen LogP contribution in [-0.2, 0) is 27.2 Å². The van der Waals surface area contributed by atoms with Crippen molar-refractivity contribution in [2.75, 3.05) is 13.2 Å². The summed E-state index contributed by atoms with van der Waals surface area (Å²) in [5, 5.41) is 11.2. The molecule has 1 fully saturated rings. The van der Waals surface area contributed by atoms with E-state index < -0.39 is 23.5 Å². The van der Waals surface area contributed by atoms with Crippen molar-refractivity contribution in [3.63, 3.8) is 0 Å². The summed E-state index contributed by atoms with van der Waals surface area (Å²) < 4.78 is 19.2. The highest BCUT2D eigenvalue weighted by Crippen LogP contribution is 2.39. The predicted molar refractivity (Wildman–Crippen MR) is 120 cm³/mol. The summed E-state index contributed by atoms with van der Waals surface area (Å²) in [6.45, 7) is 4.22. The van der Waals surface area contributed by atoms with E-state index in [1.807, 2.05) is 26.0 Å². The number of hydrogen-bond acceptors (Lipinski definition) is 4. The molecule has 2 aromatic rings. The third-order valence-corrected chi connectivity index (χ3v) is 6.13. The molecule has 1 amide bonds. The van der Waals surface area contributed by atoms with E-state index in [0.29, 0.717) is 11.1 Å². The number of ketones is 1. The van der Waals surface area contributed by atoms with Gasteiger partial charge < -0.3 is 14.7 Å². The van der Waals surface area contributed by atoms with Gasteiger partial charge in [-0.3, -0.25) is 9.59 Å². The monoisotopic (exact) mass is 437 g/mol. The number of fused-ring (bicyclic) bond motifs is 1. The number of amides is 1. The van der Waals surface area contributed by atoms with Crippen LogP contribution in [-0.4, -0.2) is 41.0 Å². The van der Waals surface area contributed by atoms with Crippen molar-refractivity contribution in [2.45, 2.75) is 51.7 Å². The van der Waals surface area contributed by atoms with Crippen molar-refractivity contribution < 1.29 is 23.8 Å². The Labute approximate surface area is 187 Å². The van der Waals surface area contributed by atoms with Crippen LogP contribution in [0.1, 0.15) is 55.0 Å². The van der Waals surface area contributed by atoms with Crippen LogP contribution < -0.4 is 0 Å². The molecule has 1 unspecified atom stereocenters. The molecule has 168 valence electrons. The molecule has 32 heavy (non-hydrogen) atoms. The molecule has 1 heterocycles. The van der Waals surface area contributed by atoms with E-state index in [1.165, 1.54) is 22.6 Å². The fourth-order valence-corrected chi connectivity index (χ4v) is 4.53. The van der Waals surface area contributed by atoms with Crippen molar-refractivity contribution in [2.24, 2.45) is 0 Å². The predicted octanol–water partition coefficient (Wildman–Crippen LogP) is 4.55. The quantitative estimate of drug-likeness (QED) is 0.409. The summed E-state index contributed by atoms with van der Waals surface area (Å²) in [6.07, 6.45) is 4.15. The lowest BCUT2D eigenvalue weighted by atomic mass is 9.88. The zero-order valence-corrected chi connectivity index (χ0v) is 18.4. The average molecular weight is 438 g/mol. The Bertz CT molecular complexity index is 1060. The number of aryl methyl sites for hydroxylation is 2. The third-order valence-electron chi connectivity index (χ3n) is 6.13. The van der Waals surface area contributed by atoms with Crippen LogP contribution in [0.2, 0.25) is 0 Å². The van der Waals surface area contributed by atoms with Gasteiger partial charge in [0.15, 0.2) is 0 Å². The maximum absolute atomic E-state index is 13.6. The number of carbonyl (C=O) groups excluding carboxylic acids is 2. The van der Waals surface area contributed by atoms with Crippen molar-refractivity contribution in [1.82, 2.24) is 4.90 Å². The summed E-state index contributed by atoms with van der Waals surface area (Å²) in [4.78, 5) is 27.4. The lowest BCUT2D eigenvalue weighted by Crippen LogP contribution is -2.33.